The van der Waals surface area contributed by atoms with Gasteiger partial charge in [0.2, 0.25) is 6.29 Å². The molecular weight excluding hydrogens is 244 g/mol. The summed E-state index contributed by atoms with van der Waals surface area (Å²) in [5.41, 5.74) is -0.629. The van der Waals surface area contributed by atoms with Gasteiger partial charge in [0.1, 0.15) is 5.41 Å². The van der Waals surface area contributed by atoms with Crippen LogP contribution in [0, 0.1) is 16.7 Å². The van der Waals surface area contributed by atoms with Crippen LogP contribution in [-0.2, 0) is 14.3 Å². The number of allylic oxidation sites excluding steroid dienone is 1. The van der Waals surface area contributed by atoms with Crippen LogP contribution in [0.4, 0.5) is 0 Å². The zero-order valence-corrected chi connectivity index (χ0v) is 11.6. The lowest BCUT2D eigenvalue weighted by Gasteiger charge is -2.41. The summed E-state index contributed by atoms with van der Waals surface area (Å²) >= 11 is 0. The molecule has 0 aromatic carbocycles. The van der Waals surface area contributed by atoms with Gasteiger partial charge in [-0.05, 0) is 32.1 Å². The molecule has 6 atom stereocenters. The number of carbonyl (C=O) groups is 1. The van der Waals surface area contributed by atoms with E-state index >= 15 is 0 Å². The summed E-state index contributed by atoms with van der Waals surface area (Å²) in [6, 6.07) is 0. The van der Waals surface area contributed by atoms with Crippen LogP contribution in [0.15, 0.2) is 11.6 Å². The van der Waals surface area contributed by atoms with E-state index in [2.05, 4.69) is 19.9 Å². The Kier molecular flexibility index (Phi) is 1.92. The van der Waals surface area contributed by atoms with Crippen LogP contribution in [0.5, 0.6) is 0 Å². The highest BCUT2D eigenvalue weighted by Gasteiger charge is 2.84. The van der Waals surface area contributed by atoms with Crippen molar-refractivity contribution in [3.8, 4) is 0 Å². The number of hydrogen-bond donors (Lipinski definition) is 1. The second-order valence-corrected chi connectivity index (χ2v) is 7.00. The van der Waals surface area contributed by atoms with Gasteiger partial charge in [-0.3, -0.25) is 4.79 Å². The van der Waals surface area contributed by atoms with Gasteiger partial charge in [0.15, 0.2) is 5.60 Å². The minimum absolute atomic E-state index is 0.275. The van der Waals surface area contributed by atoms with E-state index in [9.17, 15) is 9.90 Å². The van der Waals surface area contributed by atoms with E-state index in [0.29, 0.717) is 12.3 Å². The molecule has 4 aliphatic rings. The summed E-state index contributed by atoms with van der Waals surface area (Å²) < 4.78 is 10.9. The van der Waals surface area contributed by atoms with Crippen LogP contribution in [-0.4, -0.2) is 29.1 Å². The molecule has 0 radical (unpaired) electrons. The fraction of sp³-hybridized carbons (Fsp3) is 0.800. The van der Waals surface area contributed by atoms with Crippen molar-refractivity contribution in [3.63, 3.8) is 0 Å². The first kappa shape index (κ1) is 11.9. The van der Waals surface area contributed by atoms with Crippen LogP contribution in [0.3, 0.4) is 0 Å². The molecule has 2 heterocycles. The molecular formula is C15H20O4. The van der Waals surface area contributed by atoms with Crippen molar-refractivity contribution in [3.05, 3.63) is 11.6 Å². The monoisotopic (exact) mass is 264 g/mol. The quantitative estimate of drug-likeness (QED) is 0.411. The maximum absolute atomic E-state index is 12.4. The lowest BCUT2D eigenvalue weighted by Crippen LogP contribution is -2.51. The Labute approximate surface area is 112 Å². The Hall–Kier alpha value is -0.870. The summed E-state index contributed by atoms with van der Waals surface area (Å²) in [6.45, 7) is 6.16. The molecule has 1 spiro atoms. The molecule has 4 rings (SSSR count). The topological polar surface area (TPSA) is 59.1 Å². The normalized spacial score (nSPS) is 58.6. The van der Waals surface area contributed by atoms with E-state index in [0.717, 1.165) is 12.8 Å². The molecule has 104 valence electrons. The van der Waals surface area contributed by atoms with E-state index in [4.69, 9.17) is 9.47 Å². The Morgan fingerprint density at radius 1 is 1.42 bits per heavy atom. The van der Waals surface area contributed by atoms with Gasteiger partial charge < -0.3 is 14.6 Å². The van der Waals surface area contributed by atoms with Crippen LogP contribution >= 0.6 is 0 Å². The highest BCUT2D eigenvalue weighted by molar-refractivity contribution is 5.85. The van der Waals surface area contributed by atoms with Crippen LogP contribution in [0.1, 0.15) is 40.0 Å². The van der Waals surface area contributed by atoms with Gasteiger partial charge in [-0.15, -0.1) is 0 Å². The lowest BCUT2D eigenvalue weighted by molar-refractivity contribution is -0.171. The molecule has 0 aromatic heterocycles. The number of rotatable bonds is 0. The van der Waals surface area contributed by atoms with E-state index in [-0.39, 0.29) is 11.4 Å². The number of fused-ring (bicyclic) bond motifs is 3. The van der Waals surface area contributed by atoms with E-state index in [1.165, 1.54) is 5.57 Å². The molecule has 1 saturated carbocycles. The summed E-state index contributed by atoms with van der Waals surface area (Å²) in [7, 11) is 0. The minimum Gasteiger partial charge on any atom is -0.432 e. The van der Waals surface area contributed by atoms with Gasteiger partial charge in [-0.1, -0.05) is 25.5 Å². The number of aliphatic hydroxyl groups is 1. The Balaban J connectivity index is 1.88. The SMILES string of the molecule is C[C@H]1CCC=C2C[C@]3(C(=O)O[C@@H]4O[C@@]43C)[C@@H](O)[C@@]21C. The number of epoxide rings is 1. The van der Waals surface area contributed by atoms with Gasteiger partial charge >= 0.3 is 5.97 Å². The highest BCUT2D eigenvalue weighted by atomic mass is 16.8. The highest BCUT2D eigenvalue weighted by Crippen LogP contribution is 2.70. The zero-order chi connectivity index (χ0) is 13.6. The molecule has 2 aliphatic carbocycles. The first-order valence-electron chi connectivity index (χ1n) is 7.14. The molecule has 0 amide bonds. The summed E-state index contributed by atoms with van der Waals surface area (Å²) in [4.78, 5) is 12.4. The molecule has 0 bridgehead atoms. The molecule has 4 nitrogen and oxygen atoms in total. The maximum Gasteiger partial charge on any atom is 0.320 e. The molecule has 1 N–H and O–H groups in total. The van der Waals surface area contributed by atoms with Crippen LogP contribution in [0.25, 0.3) is 0 Å². The molecule has 3 fully saturated rings. The standard InChI is InChI=1S/C15H20O4/c1-8-5-4-6-9-7-15(10(16)13(8,9)2)11(17)18-12-14(15,3)19-12/h6,8,10,12,16H,4-5,7H2,1-3H3/t8-,10-,12+,13+,14-,15+/m0/s1. The van der Waals surface area contributed by atoms with Gasteiger partial charge in [-0.2, -0.15) is 0 Å². The second-order valence-electron chi connectivity index (χ2n) is 7.00. The minimum atomic E-state index is -0.892. The fourth-order valence-electron chi connectivity index (χ4n) is 4.64. The average Bonchev–Trinajstić information content (AvgIpc) is 2.87. The first-order chi connectivity index (χ1) is 8.87. The third-order valence-electron chi connectivity index (χ3n) is 6.42. The van der Waals surface area contributed by atoms with Gasteiger partial charge in [0.05, 0.1) is 6.10 Å². The molecule has 0 aromatic rings. The third kappa shape index (κ3) is 1.02. The predicted octanol–water partition coefficient (Wildman–Crippen LogP) is 1.77. The third-order valence-corrected chi connectivity index (χ3v) is 6.42. The fourth-order valence-corrected chi connectivity index (χ4v) is 4.64. The second kappa shape index (κ2) is 3.07. The van der Waals surface area contributed by atoms with E-state index in [1.807, 2.05) is 6.92 Å². The van der Waals surface area contributed by atoms with Gasteiger partial charge in [-0.25, -0.2) is 0 Å². The van der Waals surface area contributed by atoms with Crippen molar-refractivity contribution in [2.24, 2.45) is 16.7 Å². The number of aliphatic hydroxyl groups excluding tert-OH is 1. The lowest BCUT2D eigenvalue weighted by atomic mass is 9.64. The molecule has 2 saturated heterocycles. The first-order valence-corrected chi connectivity index (χ1v) is 7.14. The van der Waals surface area contributed by atoms with E-state index < -0.39 is 23.4 Å². The summed E-state index contributed by atoms with van der Waals surface area (Å²) in [6.07, 6.45) is 3.72. The number of esters is 1. The molecule has 4 heteroatoms. The number of carbonyl (C=O) groups excluding carboxylic acids is 1. The zero-order valence-electron chi connectivity index (χ0n) is 11.6. The Morgan fingerprint density at radius 3 is 2.74 bits per heavy atom. The van der Waals surface area contributed by atoms with E-state index in [1.54, 1.807) is 0 Å². The molecule has 19 heavy (non-hydrogen) atoms. The maximum atomic E-state index is 12.4. The van der Waals surface area contributed by atoms with Crippen molar-refractivity contribution in [1.82, 2.24) is 0 Å². The molecule has 2 aliphatic heterocycles. The predicted molar refractivity (Wildman–Crippen MR) is 67.0 cm³/mol. The van der Waals surface area contributed by atoms with Crippen LogP contribution in [0.2, 0.25) is 0 Å². The Morgan fingerprint density at radius 2 is 2.16 bits per heavy atom. The van der Waals surface area contributed by atoms with Crippen molar-refractivity contribution in [2.45, 2.75) is 58.0 Å². The van der Waals surface area contributed by atoms with Crippen LogP contribution < -0.4 is 0 Å². The van der Waals surface area contributed by atoms with Crippen molar-refractivity contribution < 1.29 is 19.4 Å². The van der Waals surface area contributed by atoms with Crippen molar-refractivity contribution >= 4 is 5.97 Å². The average molecular weight is 264 g/mol. The molecule has 0 unspecified atom stereocenters. The van der Waals surface area contributed by atoms with Gasteiger partial charge in [0, 0.05) is 5.41 Å². The summed E-state index contributed by atoms with van der Waals surface area (Å²) in [5.74, 6) is 0.0959. The number of hydrogen-bond acceptors (Lipinski definition) is 4. The van der Waals surface area contributed by atoms with Gasteiger partial charge in [0.25, 0.3) is 0 Å². The summed E-state index contributed by atoms with van der Waals surface area (Å²) in [5, 5.41) is 11.0. The smallest absolute Gasteiger partial charge is 0.320 e. The van der Waals surface area contributed by atoms with Crippen molar-refractivity contribution in [1.29, 1.82) is 0 Å². The largest absolute Gasteiger partial charge is 0.432 e. The Bertz CT molecular complexity index is 512. The number of ether oxygens (including phenoxy) is 2. The van der Waals surface area contributed by atoms with Crippen molar-refractivity contribution in [2.75, 3.05) is 0 Å².